The largest absolute Gasteiger partial charge is 0.497 e. The Kier molecular flexibility index (Phi) is 8.48. The van der Waals surface area contributed by atoms with Crippen LogP contribution in [0.5, 0.6) is 5.75 Å². The first-order valence-electron chi connectivity index (χ1n) is 12.0. The fourth-order valence-electron chi connectivity index (χ4n) is 4.98. The van der Waals surface area contributed by atoms with Crippen LogP contribution in [0.3, 0.4) is 0 Å². The van der Waals surface area contributed by atoms with Crippen LogP contribution in [-0.4, -0.2) is 57.8 Å². The lowest BCUT2D eigenvalue weighted by Crippen LogP contribution is -2.44. The summed E-state index contributed by atoms with van der Waals surface area (Å²) in [4.78, 5) is 23.0. The van der Waals surface area contributed by atoms with Gasteiger partial charge in [-0.2, -0.15) is 0 Å². The van der Waals surface area contributed by atoms with Crippen LogP contribution in [0.2, 0.25) is 0 Å². The quantitative estimate of drug-likeness (QED) is 0.386. The number of carbonyl (C=O) groups is 1. The normalized spacial score (nSPS) is 19.8. The van der Waals surface area contributed by atoms with Gasteiger partial charge in [-0.1, -0.05) is 0 Å². The van der Waals surface area contributed by atoms with Crippen LogP contribution in [0.15, 0.2) is 42.0 Å². The second kappa shape index (κ2) is 11.7. The number of carboxylic acids is 1. The number of thiazole rings is 1. The lowest BCUT2D eigenvalue weighted by Gasteiger charge is -2.37. The summed E-state index contributed by atoms with van der Waals surface area (Å²) in [5.74, 6) is -0.333. The van der Waals surface area contributed by atoms with Crippen molar-refractivity contribution in [2.75, 3.05) is 26.7 Å². The molecule has 2 aromatic heterocycles. The highest BCUT2D eigenvalue weighted by Gasteiger charge is 2.34. The molecule has 0 saturated carbocycles. The van der Waals surface area contributed by atoms with Crippen molar-refractivity contribution in [1.82, 2.24) is 14.9 Å². The zero-order valence-electron chi connectivity index (χ0n) is 19.6. The molecule has 182 valence electrons. The number of aryl methyl sites for hydroxylation is 1. The average Bonchev–Trinajstić information content (AvgIpc) is 3.38. The first kappa shape index (κ1) is 24.6. The van der Waals surface area contributed by atoms with Crippen LogP contribution in [0, 0.1) is 11.8 Å². The Morgan fingerprint density at radius 2 is 2.15 bits per heavy atom. The van der Waals surface area contributed by atoms with Crippen LogP contribution in [0.4, 0.5) is 0 Å². The van der Waals surface area contributed by atoms with Gasteiger partial charge in [0.05, 0.1) is 29.7 Å². The minimum Gasteiger partial charge on any atom is -0.497 e. The molecule has 4 rings (SSSR count). The van der Waals surface area contributed by atoms with Crippen molar-refractivity contribution < 1.29 is 19.7 Å². The number of aliphatic hydroxyl groups is 1. The van der Waals surface area contributed by atoms with Crippen LogP contribution in [-0.2, 0) is 11.2 Å². The van der Waals surface area contributed by atoms with Gasteiger partial charge in [0.1, 0.15) is 5.75 Å². The number of aliphatic carboxylic acids is 1. The Bertz CT molecular complexity index is 1080. The van der Waals surface area contributed by atoms with E-state index in [1.165, 1.54) is 5.01 Å². The maximum absolute atomic E-state index is 12.0. The molecule has 0 unspecified atom stereocenters. The molecule has 0 spiro atoms. The molecule has 8 heteroatoms. The molecule has 3 aromatic rings. The summed E-state index contributed by atoms with van der Waals surface area (Å²) in [6.07, 6.45) is 8.05. The molecule has 34 heavy (non-hydrogen) atoms. The maximum Gasteiger partial charge on any atom is 0.308 e. The molecule has 3 heterocycles. The molecular formula is C26H33N3O4S. The van der Waals surface area contributed by atoms with Crippen molar-refractivity contribution >= 4 is 28.2 Å². The second-order valence-corrected chi connectivity index (χ2v) is 10.0. The van der Waals surface area contributed by atoms with E-state index in [4.69, 9.17) is 4.74 Å². The average molecular weight is 484 g/mol. The van der Waals surface area contributed by atoms with Gasteiger partial charge < -0.3 is 19.8 Å². The number of nitrogens with zero attached hydrogens (tertiary/aromatic N) is 3. The molecule has 1 aliphatic rings. The van der Waals surface area contributed by atoms with Crippen LogP contribution < -0.4 is 4.74 Å². The van der Waals surface area contributed by atoms with Gasteiger partial charge in [-0.05, 0) is 87.4 Å². The fourth-order valence-corrected chi connectivity index (χ4v) is 5.64. The number of rotatable bonds is 11. The van der Waals surface area contributed by atoms with E-state index in [1.807, 2.05) is 35.8 Å². The third-order valence-electron chi connectivity index (χ3n) is 6.91. The standard InChI is InChI=1S/C26H33N3O4S/c1-33-19-6-7-23-21(16-19)20(9-11-27-23)24(30)8-5-18-10-14-29(17-22(18)26(31)32)13-3-2-4-25-28-12-15-34-25/h6-7,9,11-12,15-16,18,22,24,30H,2-5,8,10,13-14,17H2,1H3,(H,31,32)/t18-,22+,24-/m1/s1. The molecule has 1 aromatic carbocycles. The first-order chi connectivity index (χ1) is 16.5. The molecule has 7 nitrogen and oxygen atoms in total. The van der Waals surface area contributed by atoms with Gasteiger partial charge in [0, 0.05) is 29.7 Å². The number of hydrogen-bond acceptors (Lipinski definition) is 7. The third kappa shape index (κ3) is 6.11. The Morgan fingerprint density at radius 1 is 1.26 bits per heavy atom. The van der Waals surface area contributed by atoms with Gasteiger partial charge in [-0.3, -0.25) is 9.78 Å². The Balaban J connectivity index is 1.31. The summed E-state index contributed by atoms with van der Waals surface area (Å²) in [5.41, 5.74) is 1.62. The van der Waals surface area contributed by atoms with E-state index in [-0.39, 0.29) is 5.92 Å². The smallest absolute Gasteiger partial charge is 0.308 e. The lowest BCUT2D eigenvalue weighted by molar-refractivity contribution is -0.146. The topological polar surface area (TPSA) is 95.8 Å². The highest BCUT2D eigenvalue weighted by Crippen LogP contribution is 2.33. The third-order valence-corrected chi connectivity index (χ3v) is 7.75. The minimum absolute atomic E-state index is 0.0707. The highest BCUT2D eigenvalue weighted by atomic mass is 32.1. The zero-order valence-corrected chi connectivity index (χ0v) is 20.4. The van der Waals surface area contributed by atoms with Crippen molar-refractivity contribution in [2.45, 2.75) is 44.6 Å². The number of unbranched alkanes of at least 4 members (excludes halogenated alkanes) is 1. The van der Waals surface area contributed by atoms with E-state index in [0.717, 1.165) is 61.0 Å². The van der Waals surface area contributed by atoms with Crippen LogP contribution >= 0.6 is 11.3 Å². The SMILES string of the molecule is COc1ccc2nccc([C@H](O)CC[C@@H]3CCN(CCCCc4nccs4)C[C@@H]3C(=O)O)c2c1. The number of ether oxygens (including phenoxy) is 1. The zero-order chi connectivity index (χ0) is 23.9. The molecule has 0 amide bonds. The van der Waals surface area contributed by atoms with Crippen LogP contribution in [0.1, 0.15) is 48.8 Å². The van der Waals surface area contributed by atoms with Crippen molar-refractivity contribution in [1.29, 1.82) is 0 Å². The number of pyridine rings is 1. The van der Waals surface area contributed by atoms with Crippen LogP contribution in [0.25, 0.3) is 10.9 Å². The van der Waals surface area contributed by atoms with Crippen molar-refractivity contribution in [3.63, 3.8) is 0 Å². The maximum atomic E-state index is 12.0. The molecule has 1 saturated heterocycles. The Morgan fingerprint density at radius 3 is 2.91 bits per heavy atom. The number of aliphatic hydroxyl groups excluding tert-OH is 1. The summed E-state index contributed by atoms with van der Waals surface area (Å²) in [6.45, 7) is 2.43. The number of benzene rings is 1. The minimum atomic E-state index is -0.730. The molecule has 1 aliphatic heterocycles. The summed E-state index contributed by atoms with van der Waals surface area (Å²) in [7, 11) is 1.62. The summed E-state index contributed by atoms with van der Waals surface area (Å²) >= 11 is 1.69. The monoisotopic (exact) mass is 483 g/mol. The number of aromatic nitrogens is 2. The second-order valence-electron chi connectivity index (χ2n) is 9.05. The van der Waals surface area contributed by atoms with Crippen molar-refractivity contribution in [2.24, 2.45) is 11.8 Å². The molecule has 0 bridgehead atoms. The lowest BCUT2D eigenvalue weighted by atomic mass is 9.81. The summed E-state index contributed by atoms with van der Waals surface area (Å²) in [6, 6.07) is 7.48. The highest BCUT2D eigenvalue weighted by molar-refractivity contribution is 7.09. The molecular weight excluding hydrogens is 450 g/mol. The Labute approximate surface area is 204 Å². The van der Waals surface area contributed by atoms with E-state index < -0.39 is 18.0 Å². The van der Waals surface area contributed by atoms with E-state index >= 15 is 0 Å². The van der Waals surface area contributed by atoms with Gasteiger partial charge in [0.25, 0.3) is 0 Å². The summed E-state index contributed by atoms with van der Waals surface area (Å²) < 4.78 is 5.33. The number of methoxy groups -OCH3 is 1. The first-order valence-corrected chi connectivity index (χ1v) is 12.9. The van der Waals surface area contributed by atoms with Gasteiger partial charge in [-0.25, -0.2) is 4.98 Å². The molecule has 1 fully saturated rings. The number of hydrogen-bond donors (Lipinski definition) is 2. The van der Waals surface area contributed by atoms with E-state index in [1.54, 1.807) is 24.6 Å². The van der Waals surface area contributed by atoms with Gasteiger partial charge in [0.15, 0.2) is 0 Å². The van der Waals surface area contributed by atoms with Crippen molar-refractivity contribution in [3.05, 3.63) is 52.6 Å². The predicted molar refractivity (Wildman–Crippen MR) is 133 cm³/mol. The number of piperidine rings is 1. The summed E-state index contributed by atoms with van der Waals surface area (Å²) in [5, 5.41) is 24.9. The van der Waals surface area contributed by atoms with Gasteiger partial charge >= 0.3 is 5.97 Å². The van der Waals surface area contributed by atoms with E-state index in [0.29, 0.717) is 19.4 Å². The van der Waals surface area contributed by atoms with E-state index in [2.05, 4.69) is 14.9 Å². The fraction of sp³-hybridized carbons (Fsp3) is 0.500. The number of carboxylic acid groups (broad SMARTS) is 1. The van der Waals surface area contributed by atoms with E-state index in [9.17, 15) is 15.0 Å². The molecule has 0 radical (unpaired) electrons. The van der Waals surface area contributed by atoms with Gasteiger partial charge in [0.2, 0.25) is 0 Å². The van der Waals surface area contributed by atoms with Gasteiger partial charge in [-0.15, -0.1) is 11.3 Å². The molecule has 3 atom stereocenters. The predicted octanol–water partition coefficient (Wildman–Crippen LogP) is 4.56. The molecule has 0 aliphatic carbocycles. The number of fused-ring (bicyclic) bond motifs is 1. The Hall–Kier alpha value is -2.55. The number of likely N-dealkylation sites (tertiary alicyclic amines) is 1. The molecule has 2 N–H and O–H groups in total. The van der Waals surface area contributed by atoms with Crippen molar-refractivity contribution in [3.8, 4) is 5.75 Å².